The number of halogens is 3. The molecule has 1 aliphatic rings. The van der Waals surface area contributed by atoms with Crippen LogP contribution in [0.15, 0.2) is 36.4 Å². The first-order chi connectivity index (χ1) is 14.8. The van der Waals surface area contributed by atoms with Crippen LogP contribution in [0.25, 0.3) is 10.2 Å². The summed E-state index contributed by atoms with van der Waals surface area (Å²) in [6.45, 7) is 4.39. The number of hydrogen-bond donors (Lipinski definition) is 1. The number of aryl methyl sites for hydroxylation is 1. The zero-order chi connectivity index (χ0) is 22.0. The largest absolute Gasteiger partial charge is 0.433 e. The van der Waals surface area contributed by atoms with E-state index in [0.717, 1.165) is 36.1 Å². The third kappa shape index (κ3) is 4.84. The molecule has 1 amide bonds. The minimum absolute atomic E-state index is 0.228. The number of thiophene rings is 1. The summed E-state index contributed by atoms with van der Waals surface area (Å²) < 4.78 is 38.7. The first-order valence-electron chi connectivity index (χ1n) is 10.4. The van der Waals surface area contributed by atoms with Crippen molar-refractivity contribution < 1.29 is 18.0 Å². The minimum atomic E-state index is -4.50. The van der Waals surface area contributed by atoms with E-state index in [1.807, 2.05) is 0 Å². The lowest BCUT2D eigenvalue weighted by molar-refractivity contribution is -0.140. The quantitative estimate of drug-likeness (QED) is 0.555. The zero-order valence-corrected chi connectivity index (χ0v) is 18.1. The average Bonchev–Trinajstić information content (AvgIpc) is 3.10. The lowest BCUT2D eigenvalue weighted by atomic mass is 10.1. The Morgan fingerprint density at radius 3 is 2.48 bits per heavy atom. The lowest BCUT2D eigenvalue weighted by Crippen LogP contribution is -2.29. The summed E-state index contributed by atoms with van der Waals surface area (Å²) in [6, 6.07) is 10.8. The molecular formula is C23H24F3N3OS. The summed E-state index contributed by atoms with van der Waals surface area (Å²) in [5.41, 5.74) is 2.08. The molecule has 31 heavy (non-hydrogen) atoms. The van der Waals surface area contributed by atoms with E-state index in [4.69, 9.17) is 0 Å². The van der Waals surface area contributed by atoms with Gasteiger partial charge >= 0.3 is 6.18 Å². The predicted octanol–water partition coefficient (Wildman–Crippen LogP) is 5.59. The highest BCUT2D eigenvalue weighted by molar-refractivity contribution is 7.20. The Bertz CT molecular complexity index is 1070. The van der Waals surface area contributed by atoms with Crippen LogP contribution < -0.4 is 10.2 Å². The Balaban J connectivity index is 1.37. The number of rotatable bonds is 5. The smallest absolute Gasteiger partial charge is 0.372 e. The second-order valence-corrected chi connectivity index (χ2v) is 8.82. The number of fused-ring (bicyclic) bond motifs is 1. The maximum atomic E-state index is 12.9. The van der Waals surface area contributed by atoms with Gasteiger partial charge in [-0.2, -0.15) is 13.2 Å². The topological polar surface area (TPSA) is 45.2 Å². The minimum Gasteiger partial charge on any atom is -0.372 e. The maximum absolute atomic E-state index is 12.9. The molecule has 0 atom stereocenters. The van der Waals surface area contributed by atoms with Crippen molar-refractivity contribution in [1.29, 1.82) is 0 Å². The van der Waals surface area contributed by atoms with Gasteiger partial charge in [0, 0.05) is 30.7 Å². The number of aromatic nitrogens is 1. The first-order valence-corrected chi connectivity index (χ1v) is 11.2. The van der Waals surface area contributed by atoms with E-state index in [-0.39, 0.29) is 10.7 Å². The second kappa shape index (κ2) is 8.86. The van der Waals surface area contributed by atoms with Gasteiger partial charge < -0.3 is 10.2 Å². The number of piperidine rings is 1. The maximum Gasteiger partial charge on any atom is 0.433 e. The fraction of sp³-hybridized carbons (Fsp3) is 0.391. The van der Waals surface area contributed by atoms with Crippen LogP contribution in [0, 0.1) is 6.92 Å². The van der Waals surface area contributed by atoms with Crippen molar-refractivity contribution in [2.24, 2.45) is 0 Å². The van der Waals surface area contributed by atoms with E-state index in [1.54, 1.807) is 6.92 Å². The van der Waals surface area contributed by atoms with Crippen molar-refractivity contribution in [2.45, 2.75) is 38.8 Å². The van der Waals surface area contributed by atoms with E-state index < -0.39 is 11.9 Å². The number of carbonyl (C=O) groups excluding carboxylic acids is 1. The highest BCUT2D eigenvalue weighted by Crippen LogP contribution is 2.34. The van der Waals surface area contributed by atoms with Gasteiger partial charge in [-0.25, -0.2) is 4.98 Å². The Morgan fingerprint density at radius 2 is 1.81 bits per heavy atom. The standard InChI is InChI=1S/C23H24F3N3OS/c1-15-18-9-10-19(23(24,25)26)28-22(18)31-20(15)21(30)27-12-11-16-5-7-17(8-6-16)29-13-3-2-4-14-29/h5-10H,2-4,11-14H2,1H3,(H,27,30). The Labute approximate surface area is 183 Å². The molecule has 0 unspecified atom stereocenters. The van der Waals surface area contributed by atoms with E-state index in [2.05, 4.69) is 39.5 Å². The summed E-state index contributed by atoms with van der Waals surface area (Å²) in [5.74, 6) is -0.279. The van der Waals surface area contributed by atoms with Crippen molar-refractivity contribution in [1.82, 2.24) is 10.3 Å². The Morgan fingerprint density at radius 1 is 1.10 bits per heavy atom. The molecule has 3 heterocycles. The molecule has 0 radical (unpaired) electrons. The van der Waals surface area contributed by atoms with Gasteiger partial charge in [-0.3, -0.25) is 4.79 Å². The monoisotopic (exact) mass is 447 g/mol. The molecule has 0 spiro atoms. The van der Waals surface area contributed by atoms with Gasteiger partial charge in [0.2, 0.25) is 0 Å². The van der Waals surface area contributed by atoms with Crippen LogP contribution in [0.4, 0.5) is 18.9 Å². The third-order valence-electron chi connectivity index (χ3n) is 5.66. The number of nitrogens with one attached hydrogen (secondary N) is 1. The van der Waals surface area contributed by atoms with Crippen molar-refractivity contribution in [2.75, 3.05) is 24.5 Å². The van der Waals surface area contributed by atoms with Gasteiger partial charge in [0.25, 0.3) is 5.91 Å². The molecule has 0 saturated carbocycles. The Kier molecular flexibility index (Phi) is 6.18. The highest BCUT2D eigenvalue weighted by Gasteiger charge is 2.33. The summed E-state index contributed by atoms with van der Waals surface area (Å²) in [6.07, 6.45) is -0.0481. The second-order valence-electron chi connectivity index (χ2n) is 7.82. The fourth-order valence-corrected chi connectivity index (χ4v) is 5.00. The number of hydrogen-bond acceptors (Lipinski definition) is 4. The van der Waals surface area contributed by atoms with Crippen LogP contribution in [0.5, 0.6) is 0 Å². The summed E-state index contributed by atoms with van der Waals surface area (Å²) in [4.78, 5) is 19.3. The number of anilines is 1. The van der Waals surface area contributed by atoms with Gasteiger partial charge in [-0.05, 0) is 68.0 Å². The van der Waals surface area contributed by atoms with Crippen LogP contribution in [0.2, 0.25) is 0 Å². The van der Waals surface area contributed by atoms with E-state index >= 15 is 0 Å². The molecule has 4 nitrogen and oxygen atoms in total. The number of nitrogens with zero attached hydrogens (tertiary/aromatic N) is 2. The van der Waals surface area contributed by atoms with Crippen molar-refractivity contribution in [3.05, 3.63) is 58.1 Å². The number of amides is 1. The molecule has 3 aromatic rings. The Hall–Kier alpha value is -2.61. The van der Waals surface area contributed by atoms with Crippen LogP contribution >= 0.6 is 11.3 Å². The van der Waals surface area contributed by atoms with Crippen LogP contribution in [0.1, 0.15) is 45.8 Å². The van der Waals surface area contributed by atoms with Crippen molar-refractivity contribution >= 4 is 33.1 Å². The summed E-state index contributed by atoms with van der Waals surface area (Å²) in [5, 5.41) is 3.46. The SMILES string of the molecule is Cc1c(C(=O)NCCc2ccc(N3CCCCC3)cc2)sc2nc(C(F)(F)F)ccc12. The third-order valence-corrected chi connectivity index (χ3v) is 6.86. The molecule has 1 aromatic carbocycles. The molecule has 1 fully saturated rings. The summed E-state index contributed by atoms with van der Waals surface area (Å²) in [7, 11) is 0. The van der Waals surface area contributed by atoms with Crippen LogP contribution in [0.3, 0.4) is 0 Å². The van der Waals surface area contributed by atoms with Gasteiger partial charge in [0.1, 0.15) is 10.5 Å². The molecule has 1 N–H and O–H groups in total. The number of carbonyl (C=O) groups is 1. The molecular weight excluding hydrogens is 423 g/mol. The zero-order valence-electron chi connectivity index (χ0n) is 17.3. The van der Waals surface area contributed by atoms with Crippen molar-refractivity contribution in [3.8, 4) is 0 Å². The van der Waals surface area contributed by atoms with Crippen LogP contribution in [-0.4, -0.2) is 30.5 Å². The van der Waals surface area contributed by atoms with Gasteiger partial charge in [0.15, 0.2) is 0 Å². The number of pyridine rings is 1. The normalized spacial score (nSPS) is 14.8. The van der Waals surface area contributed by atoms with Gasteiger partial charge in [0.05, 0.1) is 4.88 Å². The highest BCUT2D eigenvalue weighted by atomic mass is 32.1. The lowest BCUT2D eigenvalue weighted by Gasteiger charge is -2.28. The molecule has 1 aliphatic heterocycles. The van der Waals surface area contributed by atoms with Gasteiger partial charge in [-0.15, -0.1) is 11.3 Å². The number of alkyl halides is 3. The van der Waals surface area contributed by atoms with Gasteiger partial charge in [-0.1, -0.05) is 12.1 Å². The molecule has 1 saturated heterocycles. The molecule has 0 aliphatic carbocycles. The number of benzene rings is 1. The van der Waals surface area contributed by atoms with E-state index in [0.29, 0.717) is 28.8 Å². The molecule has 164 valence electrons. The predicted molar refractivity (Wildman–Crippen MR) is 118 cm³/mol. The van der Waals surface area contributed by atoms with E-state index in [1.165, 1.54) is 31.0 Å². The molecule has 8 heteroatoms. The first kappa shape index (κ1) is 21.6. The average molecular weight is 448 g/mol. The fourth-order valence-electron chi connectivity index (χ4n) is 3.90. The molecule has 2 aromatic heterocycles. The summed E-state index contributed by atoms with van der Waals surface area (Å²) >= 11 is 0.998. The molecule has 0 bridgehead atoms. The van der Waals surface area contributed by atoms with Crippen LogP contribution in [-0.2, 0) is 12.6 Å². The van der Waals surface area contributed by atoms with E-state index in [9.17, 15) is 18.0 Å². The molecule has 4 rings (SSSR count). The van der Waals surface area contributed by atoms with Crippen molar-refractivity contribution in [3.63, 3.8) is 0 Å².